The zero-order valence-electron chi connectivity index (χ0n) is 21.2. The monoisotopic (exact) mass is 525 g/mol. The molecule has 0 spiro atoms. The first-order chi connectivity index (χ1) is 18.3. The molecule has 0 aliphatic rings. The van der Waals surface area contributed by atoms with Crippen LogP contribution in [0.5, 0.6) is 0 Å². The number of nitrogens with zero attached hydrogens (tertiary/aromatic N) is 8. The molecule has 6 rings (SSSR count). The van der Waals surface area contributed by atoms with Gasteiger partial charge < -0.3 is 5.32 Å². The maximum absolute atomic E-state index is 13.6. The Kier molecular flexibility index (Phi) is 5.68. The fourth-order valence-corrected chi connectivity index (χ4v) is 5.07. The molecule has 11 heteroatoms. The van der Waals surface area contributed by atoms with Crippen molar-refractivity contribution < 1.29 is 0 Å². The molecule has 1 N–H and O–H groups in total. The summed E-state index contributed by atoms with van der Waals surface area (Å²) < 4.78 is 5.32. The van der Waals surface area contributed by atoms with E-state index in [1.54, 1.807) is 47.3 Å². The minimum atomic E-state index is -0.197. The number of hydrogen-bond donors (Lipinski definition) is 1. The second kappa shape index (κ2) is 9.07. The molecular weight excluding hydrogens is 502 g/mol. The van der Waals surface area contributed by atoms with Gasteiger partial charge >= 0.3 is 0 Å². The SMILES string of the molecule is Cc1cc(C(C)Nc2ccc(Cl)nc2-c2cnn(C)c2)c2c(c1)c(=O)n(C)c1c(-c3cncnc3)ncn21. The van der Waals surface area contributed by atoms with Crippen molar-refractivity contribution in [2.75, 3.05) is 5.32 Å². The Bertz CT molecular complexity index is 1890. The molecule has 1 unspecified atom stereocenters. The van der Waals surface area contributed by atoms with Gasteiger partial charge in [0.05, 0.1) is 34.5 Å². The molecular formula is C27H24ClN9O. The largest absolute Gasteiger partial charge is 0.377 e. The predicted molar refractivity (Wildman–Crippen MR) is 147 cm³/mol. The molecule has 0 saturated heterocycles. The van der Waals surface area contributed by atoms with Crippen molar-refractivity contribution in [3.05, 3.63) is 88.3 Å². The van der Waals surface area contributed by atoms with Gasteiger partial charge in [0.2, 0.25) is 0 Å². The van der Waals surface area contributed by atoms with Gasteiger partial charge in [-0.1, -0.05) is 17.7 Å². The van der Waals surface area contributed by atoms with Crippen molar-refractivity contribution in [3.8, 4) is 22.5 Å². The first kappa shape index (κ1) is 23.8. The number of rotatable bonds is 5. The summed E-state index contributed by atoms with van der Waals surface area (Å²) in [4.78, 5) is 31.1. The van der Waals surface area contributed by atoms with E-state index in [4.69, 9.17) is 11.6 Å². The van der Waals surface area contributed by atoms with Gasteiger partial charge in [-0.15, -0.1) is 0 Å². The molecule has 1 atom stereocenters. The molecule has 5 aromatic heterocycles. The Morgan fingerprint density at radius 3 is 2.55 bits per heavy atom. The Hall–Kier alpha value is -4.57. The fourth-order valence-electron chi connectivity index (χ4n) is 4.92. The van der Waals surface area contributed by atoms with Crippen LogP contribution >= 0.6 is 11.6 Å². The number of aromatic nitrogens is 8. The number of hydrogen-bond acceptors (Lipinski definition) is 7. The average molecular weight is 526 g/mol. The minimum absolute atomic E-state index is 0.104. The van der Waals surface area contributed by atoms with E-state index in [0.29, 0.717) is 27.6 Å². The molecule has 0 fully saturated rings. The minimum Gasteiger partial charge on any atom is -0.377 e. The van der Waals surface area contributed by atoms with Crippen molar-refractivity contribution in [2.24, 2.45) is 14.1 Å². The second-order valence-electron chi connectivity index (χ2n) is 9.33. The van der Waals surface area contributed by atoms with Gasteiger partial charge in [-0.2, -0.15) is 5.10 Å². The molecule has 0 aliphatic heterocycles. The van der Waals surface area contributed by atoms with E-state index >= 15 is 0 Å². The molecule has 0 amide bonds. The summed E-state index contributed by atoms with van der Waals surface area (Å²) in [7, 11) is 3.62. The van der Waals surface area contributed by atoms with Crippen molar-refractivity contribution in [2.45, 2.75) is 19.9 Å². The third-order valence-corrected chi connectivity index (χ3v) is 6.84. The molecule has 190 valence electrons. The maximum atomic E-state index is 13.6. The number of nitrogens with one attached hydrogen (secondary N) is 1. The lowest BCUT2D eigenvalue weighted by Gasteiger charge is -2.21. The van der Waals surface area contributed by atoms with Crippen LogP contribution in [0.2, 0.25) is 5.15 Å². The first-order valence-electron chi connectivity index (χ1n) is 12.0. The molecule has 1 aromatic carbocycles. The highest BCUT2D eigenvalue weighted by atomic mass is 35.5. The van der Waals surface area contributed by atoms with E-state index in [0.717, 1.165) is 33.5 Å². The van der Waals surface area contributed by atoms with E-state index in [1.165, 1.54) is 6.33 Å². The molecule has 0 aliphatic carbocycles. The van der Waals surface area contributed by atoms with Crippen LogP contribution in [0.15, 0.2) is 66.5 Å². The van der Waals surface area contributed by atoms with Gasteiger partial charge in [0.15, 0.2) is 0 Å². The van der Waals surface area contributed by atoms with E-state index < -0.39 is 0 Å². The van der Waals surface area contributed by atoms with Crippen LogP contribution in [0.4, 0.5) is 5.69 Å². The van der Waals surface area contributed by atoms with Crippen LogP contribution < -0.4 is 10.9 Å². The zero-order valence-corrected chi connectivity index (χ0v) is 22.0. The molecule has 6 aromatic rings. The highest BCUT2D eigenvalue weighted by Crippen LogP contribution is 2.33. The average Bonchev–Trinajstić information content (AvgIpc) is 3.55. The maximum Gasteiger partial charge on any atom is 0.261 e. The molecule has 38 heavy (non-hydrogen) atoms. The predicted octanol–water partition coefficient (Wildman–Crippen LogP) is 4.57. The van der Waals surface area contributed by atoms with E-state index in [2.05, 4.69) is 43.3 Å². The lowest BCUT2D eigenvalue weighted by atomic mass is 10.0. The number of benzene rings is 1. The summed E-state index contributed by atoms with van der Waals surface area (Å²) in [5.74, 6) is 0. The Labute approximate surface area is 222 Å². The molecule has 10 nitrogen and oxygen atoms in total. The highest BCUT2D eigenvalue weighted by Gasteiger charge is 2.21. The first-order valence-corrected chi connectivity index (χ1v) is 12.4. The zero-order chi connectivity index (χ0) is 26.6. The number of halogens is 1. The molecule has 0 radical (unpaired) electrons. The van der Waals surface area contributed by atoms with E-state index in [1.807, 2.05) is 36.7 Å². The Morgan fingerprint density at radius 2 is 1.82 bits per heavy atom. The number of pyridine rings is 1. The van der Waals surface area contributed by atoms with Gasteiger partial charge in [0.1, 0.15) is 29.1 Å². The topological polar surface area (TPSA) is 108 Å². The van der Waals surface area contributed by atoms with Crippen LogP contribution in [0, 0.1) is 6.92 Å². The summed E-state index contributed by atoms with van der Waals surface area (Å²) in [5, 5.41) is 8.88. The Morgan fingerprint density at radius 1 is 1.03 bits per heavy atom. The number of fused-ring (bicyclic) bond motifs is 3. The summed E-state index contributed by atoms with van der Waals surface area (Å²) >= 11 is 6.25. The third kappa shape index (κ3) is 3.90. The summed E-state index contributed by atoms with van der Waals surface area (Å²) in [6.07, 6.45) is 10.2. The summed E-state index contributed by atoms with van der Waals surface area (Å²) in [6, 6.07) is 7.48. The smallest absolute Gasteiger partial charge is 0.261 e. The van der Waals surface area contributed by atoms with Crippen LogP contribution in [0.1, 0.15) is 24.1 Å². The van der Waals surface area contributed by atoms with Crippen LogP contribution in [0.25, 0.3) is 39.1 Å². The number of anilines is 1. The van der Waals surface area contributed by atoms with Crippen molar-refractivity contribution >= 4 is 33.8 Å². The van der Waals surface area contributed by atoms with Crippen LogP contribution in [-0.2, 0) is 14.1 Å². The standard InChI is InChI=1S/C27H24ClN9O/c1-15-7-19(16(2)33-21-5-6-22(28)34-23(21)18-11-32-35(3)12-18)25-20(8-15)27(38)36(4)26-24(31-14-37(25)26)17-9-29-13-30-10-17/h5-14,16,33H,1-4H3. The van der Waals surface area contributed by atoms with Crippen LogP contribution in [0.3, 0.4) is 0 Å². The van der Waals surface area contributed by atoms with Gasteiger partial charge in [-0.05, 0) is 43.2 Å². The van der Waals surface area contributed by atoms with E-state index in [-0.39, 0.29) is 11.6 Å². The fraction of sp³-hybridized carbons (Fsp3) is 0.185. The quantitative estimate of drug-likeness (QED) is 0.328. The van der Waals surface area contributed by atoms with Crippen molar-refractivity contribution in [1.29, 1.82) is 0 Å². The van der Waals surface area contributed by atoms with Gasteiger partial charge in [0.25, 0.3) is 5.56 Å². The number of aryl methyl sites for hydroxylation is 3. The molecule has 0 bridgehead atoms. The summed E-state index contributed by atoms with van der Waals surface area (Å²) in [6.45, 7) is 4.05. The number of imidazole rings is 1. The van der Waals surface area contributed by atoms with Gasteiger partial charge in [0, 0.05) is 43.8 Å². The van der Waals surface area contributed by atoms with Crippen molar-refractivity contribution in [3.63, 3.8) is 0 Å². The summed E-state index contributed by atoms with van der Waals surface area (Å²) in [5.41, 5.74) is 7.00. The second-order valence-corrected chi connectivity index (χ2v) is 9.71. The third-order valence-electron chi connectivity index (χ3n) is 6.63. The van der Waals surface area contributed by atoms with Gasteiger partial charge in [-0.25, -0.2) is 19.9 Å². The van der Waals surface area contributed by atoms with Gasteiger partial charge in [-0.3, -0.25) is 18.4 Å². The Balaban J connectivity index is 1.55. The highest BCUT2D eigenvalue weighted by molar-refractivity contribution is 6.29. The normalized spacial score (nSPS) is 12.3. The van der Waals surface area contributed by atoms with Crippen LogP contribution in [-0.4, -0.2) is 38.7 Å². The molecule has 5 heterocycles. The lowest BCUT2D eigenvalue weighted by molar-refractivity contribution is 0.768. The van der Waals surface area contributed by atoms with Crippen molar-refractivity contribution in [1.82, 2.24) is 38.7 Å². The molecule has 0 saturated carbocycles. The van der Waals surface area contributed by atoms with E-state index in [9.17, 15) is 4.79 Å². The lowest BCUT2D eigenvalue weighted by Crippen LogP contribution is -2.21.